The van der Waals surface area contributed by atoms with Crippen LogP contribution < -0.4 is 5.32 Å². The minimum Gasteiger partial charge on any atom is -0.311 e. The number of benzene rings is 1. The normalized spacial score (nSPS) is 10.3. The van der Waals surface area contributed by atoms with Crippen molar-refractivity contribution in [1.82, 2.24) is 4.98 Å². The lowest BCUT2D eigenvalue weighted by Gasteiger charge is -2.03. The van der Waals surface area contributed by atoms with E-state index in [0.717, 1.165) is 12.1 Å². The van der Waals surface area contributed by atoms with Crippen LogP contribution in [0.15, 0.2) is 54.7 Å². The van der Waals surface area contributed by atoms with E-state index in [1.54, 1.807) is 25.3 Å². The maximum atomic E-state index is 11.8. The van der Waals surface area contributed by atoms with Crippen LogP contribution in [0.5, 0.6) is 0 Å². The topological polar surface area (TPSA) is 42.0 Å². The molecular formula is C15H15F3N2O. The summed E-state index contributed by atoms with van der Waals surface area (Å²) in [6.07, 6.45) is -2.08. The van der Waals surface area contributed by atoms with Gasteiger partial charge in [-0.1, -0.05) is 43.3 Å². The highest BCUT2D eigenvalue weighted by Gasteiger charge is 2.29. The zero-order valence-electron chi connectivity index (χ0n) is 11.4. The molecule has 1 N–H and O–H groups in total. The predicted octanol–water partition coefficient (Wildman–Crippen LogP) is 4.14. The zero-order chi connectivity index (χ0) is 15.7. The lowest BCUT2D eigenvalue weighted by atomic mass is 10.2. The van der Waals surface area contributed by atoms with Crippen molar-refractivity contribution in [3.05, 3.63) is 60.3 Å². The van der Waals surface area contributed by atoms with Gasteiger partial charge in [0.1, 0.15) is 5.82 Å². The summed E-state index contributed by atoms with van der Waals surface area (Å²) < 4.78 is 35.4. The molecule has 0 fully saturated rings. The molecule has 3 nitrogen and oxygen atoms in total. The summed E-state index contributed by atoms with van der Waals surface area (Å²) in [6.45, 7) is 1.80. The number of hydrogen-bond donors (Lipinski definition) is 1. The van der Waals surface area contributed by atoms with E-state index < -0.39 is 11.7 Å². The lowest BCUT2D eigenvalue weighted by Crippen LogP contribution is -2.10. The highest BCUT2D eigenvalue weighted by molar-refractivity contribution is 5.89. The first-order valence-corrected chi connectivity index (χ1v) is 6.26. The minimum absolute atomic E-state index is 0.0105. The average Bonchev–Trinajstić information content (AvgIpc) is 2.49. The van der Waals surface area contributed by atoms with Gasteiger partial charge in [0.15, 0.2) is 0 Å². The molecule has 2 rings (SSSR count). The van der Waals surface area contributed by atoms with Crippen molar-refractivity contribution in [2.45, 2.75) is 19.5 Å². The Bertz CT molecular complexity index is 542. The van der Waals surface area contributed by atoms with Gasteiger partial charge < -0.3 is 5.32 Å². The molecule has 1 heterocycles. The molecule has 2 aromatic rings. The third kappa shape index (κ3) is 6.56. The van der Waals surface area contributed by atoms with Gasteiger partial charge in [0, 0.05) is 12.6 Å². The van der Waals surface area contributed by atoms with Crippen LogP contribution in [0, 0.1) is 0 Å². The molecule has 0 aliphatic rings. The van der Waals surface area contributed by atoms with Gasteiger partial charge in [-0.25, -0.2) is 4.98 Å². The molecule has 1 aromatic heterocycles. The summed E-state index contributed by atoms with van der Waals surface area (Å²) in [4.78, 5) is 14.8. The quantitative estimate of drug-likeness (QED) is 0.905. The van der Waals surface area contributed by atoms with Gasteiger partial charge in [0.05, 0.1) is 5.56 Å². The van der Waals surface area contributed by atoms with E-state index in [1.165, 1.54) is 12.1 Å². The Balaban J connectivity index is 0.000000211. The highest BCUT2D eigenvalue weighted by Crippen LogP contribution is 2.28. The number of nitrogens with zero attached hydrogens (tertiary/aromatic N) is 1. The SMILES string of the molecule is CCC(=O)Nc1ccccn1.FC(F)(F)c1ccccc1. The Morgan fingerprint density at radius 2 is 1.71 bits per heavy atom. The van der Waals surface area contributed by atoms with Crippen molar-refractivity contribution in [2.75, 3.05) is 5.32 Å². The molecule has 0 aliphatic heterocycles. The first-order valence-electron chi connectivity index (χ1n) is 6.26. The molecule has 0 bridgehead atoms. The number of carbonyl (C=O) groups excluding carboxylic acids is 1. The Morgan fingerprint density at radius 3 is 2.14 bits per heavy atom. The van der Waals surface area contributed by atoms with Crippen LogP contribution >= 0.6 is 0 Å². The summed E-state index contributed by atoms with van der Waals surface area (Å²) >= 11 is 0. The van der Waals surface area contributed by atoms with Crippen LogP contribution in [0.4, 0.5) is 19.0 Å². The molecule has 0 aliphatic carbocycles. The molecule has 21 heavy (non-hydrogen) atoms. The second-order valence-corrected chi connectivity index (χ2v) is 3.98. The third-order valence-electron chi connectivity index (χ3n) is 2.35. The van der Waals surface area contributed by atoms with E-state index in [-0.39, 0.29) is 5.91 Å². The first-order chi connectivity index (χ1) is 9.93. The van der Waals surface area contributed by atoms with Crippen molar-refractivity contribution in [1.29, 1.82) is 0 Å². The molecule has 6 heteroatoms. The molecule has 0 saturated carbocycles. The summed E-state index contributed by atoms with van der Waals surface area (Å²) in [5.41, 5.74) is -0.602. The fraction of sp³-hybridized carbons (Fsp3) is 0.200. The van der Waals surface area contributed by atoms with E-state index in [1.807, 2.05) is 12.1 Å². The Kier molecular flexibility index (Phi) is 6.39. The Hall–Kier alpha value is -2.37. The van der Waals surface area contributed by atoms with Gasteiger partial charge in [-0.2, -0.15) is 13.2 Å². The number of nitrogens with one attached hydrogen (secondary N) is 1. The number of rotatable bonds is 2. The van der Waals surface area contributed by atoms with Crippen molar-refractivity contribution in [2.24, 2.45) is 0 Å². The van der Waals surface area contributed by atoms with Crippen LogP contribution in [0.1, 0.15) is 18.9 Å². The molecule has 1 amide bonds. The van der Waals surface area contributed by atoms with Gasteiger partial charge in [0.25, 0.3) is 0 Å². The van der Waals surface area contributed by atoms with Gasteiger partial charge in [0.2, 0.25) is 5.91 Å². The predicted molar refractivity (Wildman–Crippen MR) is 74.6 cm³/mol. The number of pyridine rings is 1. The first kappa shape index (κ1) is 16.7. The number of halogens is 3. The molecule has 0 spiro atoms. The molecule has 112 valence electrons. The van der Waals surface area contributed by atoms with Crippen molar-refractivity contribution in [3.63, 3.8) is 0 Å². The van der Waals surface area contributed by atoms with E-state index in [0.29, 0.717) is 12.2 Å². The molecular weight excluding hydrogens is 281 g/mol. The number of alkyl halides is 3. The molecule has 0 unspecified atom stereocenters. The highest BCUT2D eigenvalue weighted by atomic mass is 19.4. The molecule has 1 aromatic carbocycles. The van der Waals surface area contributed by atoms with E-state index in [2.05, 4.69) is 10.3 Å². The summed E-state index contributed by atoms with van der Waals surface area (Å²) in [6, 6.07) is 11.8. The van der Waals surface area contributed by atoms with Crippen LogP contribution in [-0.2, 0) is 11.0 Å². The van der Waals surface area contributed by atoms with Gasteiger partial charge in [-0.05, 0) is 12.1 Å². The van der Waals surface area contributed by atoms with E-state index in [4.69, 9.17) is 0 Å². The second-order valence-electron chi connectivity index (χ2n) is 3.98. The standard InChI is InChI=1S/C8H10N2O.C7H5F3/c1-2-8(11)10-7-5-3-4-6-9-7;8-7(9,10)6-4-2-1-3-5-6/h3-6H,2H2,1H3,(H,9,10,11);1-5H. The Morgan fingerprint density at radius 1 is 1.10 bits per heavy atom. The number of hydrogen-bond acceptors (Lipinski definition) is 2. The second kappa shape index (κ2) is 8.04. The van der Waals surface area contributed by atoms with Crippen LogP contribution in [-0.4, -0.2) is 10.9 Å². The third-order valence-corrected chi connectivity index (χ3v) is 2.35. The van der Waals surface area contributed by atoms with Gasteiger partial charge in [-0.3, -0.25) is 4.79 Å². The van der Waals surface area contributed by atoms with E-state index in [9.17, 15) is 18.0 Å². The van der Waals surface area contributed by atoms with Crippen molar-refractivity contribution >= 4 is 11.7 Å². The smallest absolute Gasteiger partial charge is 0.311 e. The maximum absolute atomic E-state index is 11.8. The average molecular weight is 296 g/mol. The fourth-order valence-electron chi connectivity index (χ4n) is 1.30. The summed E-state index contributed by atoms with van der Waals surface area (Å²) in [5.74, 6) is 0.600. The van der Waals surface area contributed by atoms with Gasteiger partial charge >= 0.3 is 6.18 Å². The summed E-state index contributed by atoms with van der Waals surface area (Å²) in [5, 5.41) is 2.64. The van der Waals surface area contributed by atoms with Crippen molar-refractivity contribution in [3.8, 4) is 0 Å². The number of carbonyl (C=O) groups is 1. The van der Waals surface area contributed by atoms with Crippen LogP contribution in [0.3, 0.4) is 0 Å². The minimum atomic E-state index is -4.21. The number of amides is 1. The van der Waals surface area contributed by atoms with Crippen LogP contribution in [0.25, 0.3) is 0 Å². The molecule has 0 saturated heterocycles. The van der Waals surface area contributed by atoms with E-state index >= 15 is 0 Å². The largest absolute Gasteiger partial charge is 0.416 e. The fourth-order valence-corrected chi connectivity index (χ4v) is 1.30. The maximum Gasteiger partial charge on any atom is 0.416 e. The Labute approximate surface area is 120 Å². The van der Waals surface area contributed by atoms with Gasteiger partial charge in [-0.15, -0.1) is 0 Å². The monoisotopic (exact) mass is 296 g/mol. The van der Waals surface area contributed by atoms with Crippen LogP contribution in [0.2, 0.25) is 0 Å². The van der Waals surface area contributed by atoms with Crippen molar-refractivity contribution < 1.29 is 18.0 Å². The lowest BCUT2D eigenvalue weighted by molar-refractivity contribution is -0.137. The number of anilines is 1. The molecule has 0 radical (unpaired) electrons. The number of aromatic nitrogens is 1. The summed E-state index contributed by atoms with van der Waals surface area (Å²) in [7, 11) is 0. The molecule has 0 atom stereocenters. The zero-order valence-corrected chi connectivity index (χ0v) is 11.4.